The Bertz CT molecular complexity index is 569. The number of rotatable bonds is 4. The molecule has 7 heteroatoms. The van der Waals surface area contributed by atoms with Crippen LogP contribution in [0.25, 0.3) is 0 Å². The average molecular weight is 326 g/mol. The van der Waals surface area contributed by atoms with Gasteiger partial charge in [0.05, 0.1) is 11.5 Å². The van der Waals surface area contributed by atoms with Gasteiger partial charge in [0, 0.05) is 24.8 Å². The number of anilines is 1. The second-order valence-electron chi connectivity index (χ2n) is 6.11. The highest BCUT2D eigenvalue weighted by Crippen LogP contribution is 2.27. The van der Waals surface area contributed by atoms with Crippen molar-refractivity contribution in [2.24, 2.45) is 11.8 Å². The Morgan fingerprint density at radius 2 is 2.05 bits per heavy atom. The lowest BCUT2D eigenvalue weighted by Crippen LogP contribution is -2.42. The third-order valence-corrected chi connectivity index (χ3v) is 4.06. The van der Waals surface area contributed by atoms with Gasteiger partial charge in [-0.1, -0.05) is 25.4 Å². The predicted molar refractivity (Wildman–Crippen MR) is 86.1 cm³/mol. The number of hydrogen-bond acceptors (Lipinski definition) is 4. The Morgan fingerprint density at radius 3 is 2.64 bits per heavy atom. The maximum Gasteiger partial charge on any atom is 0.289 e. The van der Waals surface area contributed by atoms with Gasteiger partial charge in [-0.05, 0) is 30.4 Å². The van der Waals surface area contributed by atoms with Crippen molar-refractivity contribution in [1.29, 1.82) is 0 Å². The van der Waals surface area contributed by atoms with Crippen LogP contribution in [0.2, 0.25) is 5.02 Å². The van der Waals surface area contributed by atoms with Crippen LogP contribution in [0.4, 0.5) is 11.4 Å². The van der Waals surface area contributed by atoms with E-state index >= 15 is 0 Å². The van der Waals surface area contributed by atoms with Crippen molar-refractivity contribution >= 4 is 28.9 Å². The lowest BCUT2D eigenvalue weighted by Gasteiger charge is -2.34. The molecule has 1 aromatic carbocycles. The van der Waals surface area contributed by atoms with Crippen LogP contribution in [-0.4, -0.2) is 35.4 Å². The fourth-order valence-electron chi connectivity index (χ4n) is 3.06. The first kappa shape index (κ1) is 16.7. The number of carbonyl (C=O) groups is 1. The van der Waals surface area contributed by atoms with E-state index in [2.05, 4.69) is 24.1 Å². The van der Waals surface area contributed by atoms with Gasteiger partial charge >= 0.3 is 0 Å². The molecule has 0 saturated carbocycles. The molecule has 2 atom stereocenters. The standard InChI is InChI=1S/C15H20ClN3O3/c1-10-5-11(2)8-18(7-10)9-15(20)17-12-3-4-13(16)14(6-12)19(21)22/h3-4,6,10-11H,5,7-9H2,1-2H3,(H,17,20). The van der Waals surface area contributed by atoms with Crippen LogP contribution >= 0.6 is 11.6 Å². The summed E-state index contributed by atoms with van der Waals surface area (Å²) >= 11 is 5.75. The largest absolute Gasteiger partial charge is 0.325 e. The molecular weight excluding hydrogens is 306 g/mol. The molecule has 0 bridgehead atoms. The molecule has 1 aromatic rings. The minimum absolute atomic E-state index is 0.0571. The van der Waals surface area contributed by atoms with E-state index in [-0.39, 0.29) is 16.6 Å². The summed E-state index contributed by atoms with van der Waals surface area (Å²) in [5, 5.41) is 13.6. The van der Waals surface area contributed by atoms with E-state index in [1.54, 1.807) is 6.07 Å². The lowest BCUT2D eigenvalue weighted by molar-refractivity contribution is -0.384. The number of hydrogen-bond donors (Lipinski definition) is 1. The molecule has 1 heterocycles. The van der Waals surface area contributed by atoms with Gasteiger partial charge in [0.15, 0.2) is 0 Å². The molecule has 120 valence electrons. The number of carbonyl (C=O) groups excluding carboxylic acids is 1. The molecule has 2 rings (SSSR count). The Morgan fingerprint density at radius 1 is 1.41 bits per heavy atom. The molecule has 22 heavy (non-hydrogen) atoms. The molecule has 0 aromatic heterocycles. The van der Waals surface area contributed by atoms with Gasteiger partial charge in [0.25, 0.3) is 5.69 Å². The zero-order chi connectivity index (χ0) is 16.3. The number of nitrogens with zero attached hydrogens (tertiary/aromatic N) is 2. The van der Waals surface area contributed by atoms with Crippen LogP contribution in [0.5, 0.6) is 0 Å². The zero-order valence-electron chi connectivity index (χ0n) is 12.7. The summed E-state index contributed by atoms with van der Waals surface area (Å²) in [5.41, 5.74) is 0.180. The van der Waals surface area contributed by atoms with Crippen LogP contribution in [0.15, 0.2) is 18.2 Å². The minimum Gasteiger partial charge on any atom is -0.325 e. The summed E-state index contributed by atoms with van der Waals surface area (Å²) in [6.45, 7) is 6.47. The predicted octanol–water partition coefficient (Wildman–Crippen LogP) is 3.16. The van der Waals surface area contributed by atoms with E-state index in [4.69, 9.17) is 11.6 Å². The van der Waals surface area contributed by atoms with Crippen LogP contribution in [0, 0.1) is 22.0 Å². The second kappa shape index (κ2) is 7.07. The van der Waals surface area contributed by atoms with Gasteiger partial charge in [0.2, 0.25) is 5.91 Å². The smallest absolute Gasteiger partial charge is 0.289 e. The highest BCUT2D eigenvalue weighted by atomic mass is 35.5. The fourth-order valence-corrected chi connectivity index (χ4v) is 3.24. The van der Waals surface area contributed by atoms with Crippen molar-refractivity contribution in [1.82, 2.24) is 4.90 Å². The monoisotopic (exact) mass is 325 g/mol. The Kier molecular flexibility index (Phi) is 5.37. The highest BCUT2D eigenvalue weighted by Gasteiger charge is 2.23. The first-order valence-corrected chi connectivity index (χ1v) is 7.69. The van der Waals surface area contributed by atoms with Gasteiger partial charge in [-0.15, -0.1) is 0 Å². The molecule has 2 unspecified atom stereocenters. The molecule has 0 spiro atoms. The quantitative estimate of drug-likeness (QED) is 0.681. The summed E-state index contributed by atoms with van der Waals surface area (Å²) in [7, 11) is 0. The molecule has 6 nitrogen and oxygen atoms in total. The van der Waals surface area contributed by atoms with Crippen LogP contribution in [0.1, 0.15) is 20.3 Å². The van der Waals surface area contributed by atoms with Gasteiger partial charge in [-0.2, -0.15) is 0 Å². The van der Waals surface area contributed by atoms with Gasteiger partial charge in [-0.25, -0.2) is 0 Å². The van der Waals surface area contributed by atoms with Crippen LogP contribution < -0.4 is 5.32 Å². The van der Waals surface area contributed by atoms with Crippen LogP contribution in [0.3, 0.4) is 0 Å². The average Bonchev–Trinajstić information content (AvgIpc) is 2.39. The van der Waals surface area contributed by atoms with E-state index in [0.717, 1.165) is 13.1 Å². The number of nitrogens with one attached hydrogen (secondary N) is 1. The van der Waals surface area contributed by atoms with Gasteiger partial charge < -0.3 is 5.32 Å². The number of piperidine rings is 1. The van der Waals surface area contributed by atoms with E-state index in [9.17, 15) is 14.9 Å². The third kappa shape index (κ3) is 4.42. The first-order valence-electron chi connectivity index (χ1n) is 7.31. The van der Waals surface area contributed by atoms with Crippen molar-refractivity contribution in [2.45, 2.75) is 20.3 Å². The molecule has 1 N–H and O–H groups in total. The molecule has 1 saturated heterocycles. The summed E-state index contributed by atoms with van der Waals surface area (Å²) in [4.78, 5) is 24.5. The fraction of sp³-hybridized carbons (Fsp3) is 0.533. The molecule has 1 amide bonds. The molecule has 0 aliphatic carbocycles. The van der Waals surface area contributed by atoms with Crippen molar-refractivity contribution in [3.05, 3.63) is 33.3 Å². The Balaban J connectivity index is 1.97. The molecular formula is C15H20ClN3O3. The maximum absolute atomic E-state index is 12.1. The summed E-state index contributed by atoms with van der Waals surface area (Å²) in [5.74, 6) is 0.985. The number of halogens is 1. The Hall–Kier alpha value is -1.66. The van der Waals surface area contributed by atoms with Gasteiger partial charge in [0.1, 0.15) is 5.02 Å². The van der Waals surface area contributed by atoms with Crippen molar-refractivity contribution in [3.63, 3.8) is 0 Å². The number of amides is 1. The summed E-state index contributed by atoms with van der Waals surface area (Å²) < 4.78 is 0. The SMILES string of the molecule is CC1CC(C)CN(CC(=O)Nc2ccc(Cl)c([N+](=O)[O-])c2)C1. The van der Waals surface area contributed by atoms with Crippen molar-refractivity contribution in [3.8, 4) is 0 Å². The van der Waals surface area contributed by atoms with Crippen molar-refractivity contribution in [2.75, 3.05) is 25.0 Å². The van der Waals surface area contributed by atoms with Gasteiger partial charge in [-0.3, -0.25) is 19.8 Å². The first-order chi connectivity index (χ1) is 10.3. The number of nitro groups is 1. The normalized spacial score (nSPS) is 22.3. The topological polar surface area (TPSA) is 75.5 Å². The molecule has 0 radical (unpaired) electrons. The summed E-state index contributed by atoms with van der Waals surface area (Å²) in [6, 6.07) is 4.26. The highest BCUT2D eigenvalue weighted by molar-refractivity contribution is 6.32. The van der Waals surface area contributed by atoms with E-state index in [0.29, 0.717) is 24.1 Å². The summed E-state index contributed by atoms with van der Waals surface area (Å²) in [6.07, 6.45) is 1.18. The van der Waals surface area contributed by atoms with E-state index in [1.807, 2.05) is 0 Å². The number of nitro benzene ring substituents is 1. The van der Waals surface area contributed by atoms with Crippen molar-refractivity contribution < 1.29 is 9.72 Å². The number of benzene rings is 1. The minimum atomic E-state index is -0.564. The Labute approximate surface area is 134 Å². The van der Waals surface area contributed by atoms with E-state index in [1.165, 1.54) is 18.6 Å². The maximum atomic E-state index is 12.1. The molecule has 1 aliphatic rings. The second-order valence-corrected chi connectivity index (χ2v) is 6.52. The van der Waals surface area contributed by atoms with Crippen LogP contribution in [-0.2, 0) is 4.79 Å². The molecule has 1 aliphatic heterocycles. The number of likely N-dealkylation sites (tertiary alicyclic amines) is 1. The lowest BCUT2D eigenvalue weighted by atomic mass is 9.92. The van der Waals surface area contributed by atoms with E-state index < -0.39 is 4.92 Å². The molecule has 1 fully saturated rings. The zero-order valence-corrected chi connectivity index (χ0v) is 13.5. The third-order valence-electron chi connectivity index (χ3n) is 3.74.